The van der Waals surface area contributed by atoms with Gasteiger partial charge in [0.15, 0.2) is 5.11 Å². The second-order valence-electron chi connectivity index (χ2n) is 9.47. The van der Waals surface area contributed by atoms with Gasteiger partial charge in [-0.1, -0.05) is 55.2 Å². The molecule has 0 bridgehead atoms. The summed E-state index contributed by atoms with van der Waals surface area (Å²) in [5.41, 5.74) is 4.01. The molecular formula is C29H26Cl2N4O2S. The van der Waals surface area contributed by atoms with E-state index in [9.17, 15) is 4.79 Å². The van der Waals surface area contributed by atoms with E-state index in [1.165, 1.54) is 0 Å². The Morgan fingerprint density at radius 1 is 1.08 bits per heavy atom. The quantitative estimate of drug-likeness (QED) is 0.233. The number of rotatable bonds is 6. The summed E-state index contributed by atoms with van der Waals surface area (Å²) in [4.78, 5) is 18.8. The van der Waals surface area contributed by atoms with Crippen molar-refractivity contribution in [2.24, 2.45) is 5.92 Å². The number of furan rings is 1. The van der Waals surface area contributed by atoms with Crippen LogP contribution < -0.4 is 15.5 Å². The molecule has 9 heteroatoms. The van der Waals surface area contributed by atoms with E-state index < -0.39 is 0 Å². The van der Waals surface area contributed by atoms with Crippen LogP contribution in [0.1, 0.15) is 42.9 Å². The van der Waals surface area contributed by atoms with Crippen molar-refractivity contribution in [3.63, 3.8) is 0 Å². The molecule has 1 saturated heterocycles. The Hall–Kier alpha value is -3.39. The van der Waals surface area contributed by atoms with Gasteiger partial charge in [0, 0.05) is 28.4 Å². The van der Waals surface area contributed by atoms with Crippen LogP contribution in [-0.4, -0.2) is 16.0 Å². The number of aryl methyl sites for hydroxylation is 1. The van der Waals surface area contributed by atoms with Crippen LogP contribution >= 0.6 is 35.4 Å². The molecular weight excluding hydrogens is 539 g/mol. The lowest BCUT2D eigenvalue weighted by Crippen LogP contribution is -2.29. The predicted octanol–water partition coefficient (Wildman–Crippen LogP) is 7.73. The highest BCUT2D eigenvalue weighted by molar-refractivity contribution is 7.80. The zero-order valence-corrected chi connectivity index (χ0v) is 23.4. The fraction of sp³-hybridized carbons (Fsp3) is 0.207. The Kier molecular flexibility index (Phi) is 7.43. The summed E-state index contributed by atoms with van der Waals surface area (Å²) in [5, 5.41) is 7.88. The van der Waals surface area contributed by atoms with Gasteiger partial charge in [-0.15, -0.1) is 0 Å². The fourth-order valence-corrected chi connectivity index (χ4v) is 5.12. The number of benzene rings is 2. The molecule has 1 aliphatic heterocycles. The molecule has 4 aromatic rings. The van der Waals surface area contributed by atoms with Crippen LogP contribution in [0, 0.1) is 12.8 Å². The number of carbonyl (C=O) groups is 1. The number of anilines is 2. The molecule has 2 unspecified atom stereocenters. The first-order valence-electron chi connectivity index (χ1n) is 12.2. The van der Waals surface area contributed by atoms with Crippen molar-refractivity contribution in [1.82, 2.24) is 10.3 Å². The first-order valence-corrected chi connectivity index (χ1v) is 13.4. The highest BCUT2D eigenvalue weighted by atomic mass is 35.5. The third-order valence-electron chi connectivity index (χ3n) is 6.49. The van der Waals surface area contributed by atoms with E-state index in [1.807, 2.05) is 80.3 Å². The molecule has 38 heavy (non-hydrogen) atoms. The van der Waals surface area contributed by atoms with Gasteiger partial charge in [-0.3, -0.25) is 9.78 Å². The molecule has 3 heterocycles. The monoisotopic (exact) mass is 564 g/mol. The number of amides is 1. The summed E-state index contributed by atoms with van der Waals surface area (Å²) < 4.78 is 6.42. The standard InChI is InChI=1S/C29H26Cl2N4O2S/c1-16(2)28(36)33-22-10-9-19(15-21(22)31)35-27(26(34-29(35)38)23-6-4-5-13-32-23)25-12-11-24(37-25)18-8-7-17(3)20(30)14-18/h4-16,26-27H,1-3H3,(H,33,36)(H,34,38). The van der Waals surface area contributed by atoms with E-state index in [-0.39, 0.29) is 23.9 Å². The Bertz CT molecular complexity index is 1510. The smallest absolute Gasteiger partial charge is 0.226 e. The molecule has 1 aliphatic rings. The van der Waals surface area contributed by atoms with Gasteiger partial charge in [-0.25, -0.2) is 0 Å². The number of hydrogen-bond acceptors (Lipinski definition) is 4. The SMILES string of the molecule is Cc1ccc(-c2ccc(C3C(c4ccccn4)NC(=S)N3c3ccc(NC(=O)C(C)C)c(Cl)c3)o2)cc1Cl. The summed E-state index contributed by atoms with van der Waals surface area (Å²) in [7, 11) is 0. The van der Waals surface area contributed by atoms with Crippen LogP contribution in [-0.2, 0) is 4.79 Å². The maximum atomic E-state index is 12.2. The predicted molar refractivity (Wildman–Crippen MR) is 157 cm³/mol. The minimum atomic E-state index is -0.348. The number of nitrogens with zero attached hydrogens (tertiary/aromatic N) is 2. The Balaban J connectivity index is 1.55. The minimum absolute atomic E-state index is 0.106. The molecule has 0 spiro atoms. The molecule has 194 valence electrons. The summed E-state index contributed by atoms with van der Waals surface area (Å²) in [6.07, 6.45) is 1.75. The second kappa shape index (κ2) is 10.8. The Morgan fingerprint density at radius 3 is 2.58 bits per heavy atom. The van der Waals surface area contributed by atoms with E-state index in [0.717, 1.165) is 22.5 Å². The maximum Gasteiger partial charge on any atom is 0.226 e. The van der Waals surface area contributed by atoms with Crippen molar-refractivity contribution in [3.8, 4) is 11.3 Å². The zero-order valence-electron chi connectivity index (χ0n) is 21.0. The zero-order chi connectivity index (χ0) is 27.0. The van der Waals surface area contributed by atoms with Crippen LogP contribution in [0.4, 0.5) is 11.4 Å². The van der Waals surface area contributed by atoms with Crippen LogP contribution in [0.3, 0.4) is 0 Å². The molecule has 2 atom stereocenters. The van der Waals surface area contributed by atoms with E-state index in [2.05, 4.69) is 15.6 Å². The first-order chi connectivity index (χ1) is 18.2. The third kappa shape index (κ3) is 5.14. The lowest BCUT2D eigenvalue weighted by molar-refractivity contribution is -0.118. The van der Waals surface area contributed by atoms with Gasteiger partial charge in [0.05, 0.1) is 22.4 Å². The molecule has 0 aliphatic carbocycles. The lowest BCUT2D eigenvalue weighted by Gasteiger charge is -2.26. The normalized spacial score (nSPS) is 17.1. The molecule has 5 rings (SSSR count). The van der Waals surface area contributed by atoms with E-state index in [4.69, 9.17) is 39.8 Å². The van der Waals surface area contributed by atoms with Crippen LogP contribution in [0.2, 0.25) is 10.0 Å². The van der Waals surface area contributed by atoms with Crippen molar-refractivity contribution >= 4 is 57.8 Å². The van der Waals surface area contributed by atoms with Gasteiger partial charge in [-0.05, 0) is 73.2 Å². The van der Waals surface area contributed by atoms with Crippen LogP contribution in [0.25, 0.3) is 11.3 Å². The molecule has 6 nitrogen and oxygen atoms in total. The van der Waals surface area contributed by atoms with E-state index in [0.29, 0.717) is 32.4 Å². The van der Waals surface area contributed by atoms with E-state index in [1.54, 1.807) is 18.3 Å². The third-order valence-corrected chi connectivity index (χ3v) is 7.52. The molecule has 1 fully saturated rings. The average molecular weight is 566 g/mol. The topological polar surface area (TPSA) is 70.4 Å². The Morgan fingerprint density at radius 2 is 1.89 bits per heavy atom. The van der Waals surface area contributed by atoms with Crippen LogP contribution in [0.5, 0.6) is 0 Å². The summed E-state index contributed by atoms with van der Waals surface area (Å²) in [6.45, 7) is 5.62. The van der Waals surface area contributed by atoms with Gasteiger partial charge < -0.3 is 20.0 Å². The number of hydrogen-bond donors (Lipinski definition) is 2. The Labute approximate surface area is 237 Å². The molecule has 0 radical (unpaired) electrons. The number of thiocarbonyl (C=S) groups is 1. The molecule has 2 aromatic heterocycles. The van der Waals surface area contributed by atoms with Gasteiger partial charge in [0.2, 0.25) is 5.91 Å². The number of aromatic nitrogens is 1. The molecule has 0 saturated carbocycles. The van der Waals surface area contributed by atoms with Crippen molar-refractivity contribution in [2.45, 2.75) is 32.9 Å². The number of halogens is 2. The second-order valence-corrected chi connectivity index (χ2v) is 10.7. The largest absolute Gasteiger partial charge is 0.459 e. The van der Waals surface area contributed by atoms with E-state index >= 15 is 0 Å². The minimum Gasteiger partial charge on any atom is -0.459 e. The van der Waals surface area contributed by atoms with Gasteiger partial charge in [0.1, 0.15) is 17.6 Å². The highest BCUT2D eigenvalue weighted by Crippen LogP contribution is 2.44. The summed E-state index contributed by atoms with van der Waals surface area (Å²) >= 11 is 18.8. The average Bonchev–Trinajstić information content (AvgIpc) is 3.52. The number of pyridine rings is 1. The molecule has 2 N–H and O–H groups in total. The number of carbonyl (C=O) groups excluding carboxylic acids is 1. The fourth-order valence-electron chi connectivity index (χ4n) is 4.37. The van der Waals surface area contributed by atoms with Crippen molar-refractivity contribution in [2.75, 3.05) is 10.2 Å². The van der Waals surface area contributed by atoms with Crippen molar-refractivity contribution in [1.29, 1.82) is 0 Å². The van der Waals surface area contributed by atoms with Crippen molar-refractivity contribution < 1.29 is 9.21 Å². The van der Waals surface area contributed by atoms with Gasteiger partial charge >= 0.3 is 0 Å². The summed E-state index contributed by atoms with van der Waals surface area (Å²) in [6, 6.07) is 20.3. The van der Waals surface area contributed by atoms with Gasteiger partial charge in [-0.2, -0.15) is 0 Å². The molecule has 2 aromatic carbocycles. The van der Waals surface area contributed by atoms with Crippen molar-refractivity contribution in [3.05, 3.63) is 100.0 Å². The van der Waals surface area contributed by atoms with Gasteiger partial charge in [0.25, 0.3) is 0 Å². The summed E-state index contributed by atoms with van der Waals surface area (Å²) in [5.74, 6) is 1.13. The highest BCUT2D eigenvalue weighted by Gasteiger charge is 2.42. The lowest BCUT2D eigenvalue weighted by atomic mass is 10.0. The maximum absolute atomic E-state index is 12.2. The number of nitrogens with one attached hydrogen (secondary N) is 2. The first kappa shape index (κ1) is 26.2. The molecule has 1 amide bonds. The van der Waals surface area contributed by atoms with Crippen LogP contribution in [0.15, 0.2) is 77.3 Å².